The number of allylic oxidation sites excluding steroid dienone is 1. The van der Waals surface area contributed by atoms with Crippen LogP contribution in [0.15, 0.2) is 30.9 Å². The van der Waals surface area contributed by atoms with Crippen molar-refractivity contribution >= 4 is 11.6 Å². The zero-order valence-corrected chi connectivity index (χ0v) is 13.7. The van der Waals surface area contributed by atoms with Gasteiger partial charge in [0.1, 0.15) is 0 Å². The van der Waals surface area contributed by atoms with Crippen LogP contribution in [-0.2, 0) is 0 Å². The normalized spacial score (nSPS) is 12.3. The lowest BCUT2D eigenvalue weighted by atomic mass is 9.98. The maximum Gasteiger partial charge on any atom is 0.0482 e. The summed E-state index contributed by atoms with van der Waals surface area (Å²) in [5, 5.41) is 4.56. The van der Waals surface area contributed by atoms with Gasteiger partial charge in [-0.15, -0.1) is 6.58 Å². The molecule has 0 saturated heterocycles. The molecule has 0 aromatic heterocycles. The first-order valence-electron chi connectivity index (χ1n) is 7.80. The first kappa shape index (κ1) is 17.3. The van der Waals surface area contributed by atoms with Gasteiger partial charge in [0.2, 0.25) is 0 Å². The number of aryl methyl sites for hydroxylation is 1. The van der Waals surface area contributed by atoms with Crippen molar-refractivity contribution in [1.29, 1.82) is 0 Å². The van der Waals surface area contributed by atoms with Crippen molar-refractivity contribution in [3.63, 3.8) is 0 Å². The van der Waals surface area contributed by atoms with Crippen LogP contribution >= 0.6 is 11.6 Å². The molecule has 1 rings (SSSR count). The number of benzene rings is 1. The summed E-state index contributed by atoms with van der Waals surface area (Å²) in [6, 6.07) is 6.72. The third-order valence-electron chi connectivity index (χ3n) is 3.64. The summed E-state index contributed by atoms with van der Waals surface area (Å²) in [5.41, 5.74) is 2.42. The third-order valence-corrected chi connectivity index (χ3v) is 4.16. The molecule has 0 bridgehead atoms. The Hall–Kier alpha value is -0.790. The van der Waals surface area contributed by atoms with E-state index in [9.17, 15) is 0 Å². The summed E-state index contributed by atoms with van der Waals surface area (Å²) in [7, 11) is 0. The SMILES string of the molecule is C=CCCCCCC(NCCC)c1cccc(C)c1Cl. The summed E-state index contributed by atoms with van der Waals surface area (Å²) in [4.78, 5) is 0. The van der Waals surface area contributed by atoms with E-state index in [1.165, 1.54) is 30.4 Å². The molecule has 1 N–H and O–H groups in total. The van der Waals surface area contributed by atoms with Crippen molar-refractivity contribution < 1.29 is 0 Å². The van der Waals surface area contributed by atoms with Crippen LogP contribution in [0.5, 0.6) is 0 Å². The molecule has 0 aliphatic carbocycles. The monoisotopic (exact) mass is 293 g/mol. The molecule has 0 aliphatic heterocycles. The van der Waals surface area contributed by atoms with Gasteiger partial charge in [-0.3, -0.25) is 0 Å². The highest BCUT2D eigenvalue weighted by molar-refractivity contribution is 6.32. The van der Waals surface area contributed by atoms with E-state index >= 15 is 0 Å². The van der Waals surface area contributed by atoms with Crippen LogP contribution in [0.3, 0.4) is 0 Å². The standard InChI is InChI=1S/C18H28ClN/c1-4-6-7-8-9-13-17(20-14-5-2)16-12-10-11-15(3)18(16)19/h4,10-12,17,20H,1,5-9,13-14H2,2-3H3. The smallest absolute Gasteiger partial charge is 0.0482 e. The van der Waals surface area contributed by atoms with E-state index in [0.717, 1.165) is 30.8 Å². The second-order valence-electron chi connectivity index (χ2n) is 5.41. The Morgan fingerprint density at radius 1 is 1.30 bits per heavy atom. The molecule has 0 spiro atoms. The molecule has 112 valence electrons. The van der Waals surface area contributed by atoms with Gasteiger partial charge in [-0.2, -0.15) is 0 Å². The summed E-state index contributed by atoms with van der Waals surface area (Å²) < 4.78 is 0. The van der Waals surface area contributed by atoms with E-state index in [2.05, 4.69) is 43.9 Å². The van der Waals surface area contributed by atoms with Crippen LogP contribution < -0.4 is 5.32 Å². The van der Waals surface area contributed by atoms with Gasteiger partial charge in [-0.1, -0.05) is 55.6 Å². The number of hydrogen-bond donors (Lipinski definition) is 1. The first-order chi connectivity index (χ1) is 9.70. The van der Waals surface area contributed by atoms with Gasteiger partial charge >= 0.3 is 0 Å². The van der Waals surface area contributed by atoms with Gasteiger partial charge in [0.25, 0.3) is 0 Å². The molecule has 0 aliphatic rings. The van der Waals surface area contributed by atoms with Gasteiger partial charge in [-0.25, -0.2) is 0 Å². The average Bonchev–Trinajstić information content (AvgIpc) is 2.45. The Balaban J connectivity index is 2.63. The van der Waals surface area contributed by atoms with Gasteiger partial charge in [0.05, 0.1) is 0 Å². The van der Waals surface area contributed by atoms with Crippen molar-refractivity contribution in [2.24, 2.45) is 0 Å². The first-order valence-corrected chi connectivity index (χ1v) is 8.17. The molecule has 0 radical (unpaired) electrons. The quantitative estimate of drug-likeness (QED) is 0.423. The van der Waals surface area contributed by atoms with Crippen molar-refractivity contribution in [3.8, 4) is 0 Å². The van der Waals surface area contributed by atoms with E-state index in [-0.39, 0.29) is 0 Å². The van der Waals surface area contributed by atoms with Crippen LogP contribution in [0.1, 0.15) is 62.6 Å². The Labute approximate surface area is 129 Å². The van der Waals surface area contributed by atoms with Crippen LogP contribution in [0.25, 0.3) is 0 Å². The zero-order chi connectivity index (χ0) is 14.8. The van der Waals surface area contributed by atoms with Crippen LogP contribution in [0.4, 0.5) is 0 Å². The zero-order valence-electron chi connectivity index (χ0n) is 12.9. The van der Waals surface area contributed by atoms with Crippen molar-refractivity contribution in [2.75, 3.05) is 6.54 Å². The van der Waals surface area contributed by atoms with Gasteiger partial charge in [-0.05, 0) is 50.3 Å². The fraction of sp³-hybridized carbons (Fsp3) is 0.556. The molecule has 20 heavy (non-hydrogen) atoms. The maximum atomic E-state index is 6.48. The molecular weight excluding hydrogens is 266 g/mol. The fourth-order valence-electron chi connectivity index (χ4n) is 2.44. The number of nitrogens with one attached hydrogen (secondary N) is 1. The number of rotatable bonds is 10. The Bertz CT molecular complexity index is 400. The van der Waals surface area contributed by atoms with Gasteiger partial charge in [0, 0.05) is 11.1 Å². The van der Waals surface area contributed by atoms with Gasteiger partial charge < -0.3 is 5.32 Å². The summed E-state index contributed by atoms with van der Waals surface area (Å²) in [6.07, 6.45) is 9.17. The summed E-state index contributed by atoms with van der Waals surface area (Å²) in [5.74, 6) is 0. The third kappa shape index (κ3) is 5.68. The minimum Gasteiger partial charge on any atom is -0.310 e. The van der Waals surface area contributed by atoms with Crippen LogP contribution in [0.2, 0.25) is 5.02 Å². The lowest BCUT2D eigenvalue weighted by molar-refractivity contribution is 0.472. The Morgan fingerprint density at radius 2 is 2.10 bits per heavy atom. The number of hydrogen-bond acceptors (Lipinski definition) is 1. The van der Waals surface area contributed by atoms with Crippen molar-refractivity contribution in [3.05, 3.63) is 47.0 Å². The summed E-state index contributed by atoms with van der Waals surface area (Å²) >= 11 is 6.48. The molecule has 0 saturated carbocycles. The molecule has 1 aromatic rings. The fourth-order valence-corrected chi connectivity index (χ4v) is 2.70. The highest BCUT2D eigenvalue weighted by atomic mass is 35.5. The summed E-state index contributed by atoms with van der Waals surface area (Å²) in [6.45, 7) is 9.09. The molecule has 1 aromatic carbocycles. The molecule has 0 amide bonds. The molecule has 2 heteroatoms. The lowest BCUT2D eigenvalue weighted by Gasteiger charge is -2.21. The topological polar surface area (TPSA) is 12.0 Å². The number of halogens is 1. The molecule has 1 nitrogen and oxygen atoms in total. The lowest BCUT2D eigenvalue weighted by Crippen LogP contribution is -2.22. The van der Waals surface area contributed by atoms with Crippen LogP contribution in [0, 0.1) is 6.92 Å². The minimum atomic E-state index is 0.381. The largest absolute Gasteiger partial charge is 0.310 e. The average molecular weight is 294 g/mol. The maximum absolute atomic E-state index is 6.48. The second-order valence-corrected chi connectivity index (χ2v) is 5.79. The Morgan fingerprint density at radius 3 is 2.80 bits per heavy atom. The predicted octanol–water partition coefficient (Wildman–Crippen LogP) is 5.83. The molecule has 1 atom stereocenters. The number of unbranched alkanes of at least 4 members (excludes halogenated alkanes) is 3. The van der Waals surface area contributed by atoms with E-state index in [1.54, 1.807) is 0 Å². The highest BCUT2D eigenvalue weighted by Gasteiger charge is 2.14. The van der Waals surface area contributed by atoms with Crippen molar-refractivity contribution in [1.82, 2.24) is 5.32 Å². The Kier molecular flexibility index (Phi) is 8.64. The van der Waals surface area contributed by atoms with Crippen LogP contribution in [-0.4, -0.2) is 6.54 Å². The molecule has 0 heterocycles. The second kappa shape index (κ2) is 10.0. The molecular formula is C18H28ClN. The van der Waals surface area contributed by atoms with Crippen molar-refractivity contribution in [2.45, 2.75) is 58.4 Å². The predicted molar refractivity (Wildman–Crippen MR) is 90.5 cm³/mol. The molecule has 1 unspecified atom stereocenters. The molecule has 0 fully saturated rings. The van der Waals surface area contributed by atoms with E-state index in [0.29, 0.717) is 6.04 Å². The van der Waals surface area contributed by atoms with Gasteiger partial charge in [0.15, 0.2) is 0 Å². The van der Waals surface area contributed by atoms with E-state index in [1.807, 2.05) is 6.08 Å². The highest BCUT2D eigenvalue weighted by Crippen LogP contribution is 2.29. The van der Waals surface area contributed by atoms with E-state index in [4.69, 9.17) is 11.6 Å². The minimum absolute atomic E-state index is 0.381. The van der Waals surface area contributed by atoms with E-state index < -0.39 is 0 Å².